The largest absolute Gasteiger partial charge is 0.465 e. The second-order valence-electron chi connectivity index (χ2n) is 5.78. The molecule has 0 saturated heterocycles. The average molecular weight is 341 g/mol. The highest BCUT2D eigenvalue weighted by molar-refractivity contribution is 7.21. The van der Waals surface area contributed by atoms with E-state index in [0.717, 1.165) is 16.8 Å². The number of anilines is 3. The fraction of sp³-hybridized carbons (Fsp3) is 0.222. The number of carbonyl (C=O) groups is 1. The van der Waals surface area contributed by atoms with E-state index in [4.69, 9.17) is 10.5 Å². The normalized spacial score (nSPS) is 11.0. The molecular formula is C18H19N3O2S. The van der Waals surface area contributed by atoms with Crippen molar-refractivity contribution in [1.29, 1.82) is 0 Å². The van der Waals surface area contributed by atoms with E-state index in [0.29, 0.717) is 21.3 Å². The molecule has 124 valence electrons. The third-order valence-corrected chi connectivity index (χ3v) is 4.93. The summed E-state index contributed by atoms with van der Waals surface area (Å²) in [7, 11) is 1.34. The van der Waals surface area contributed by atoms with Crippen LogP contribution in [0.1, 0.15) is 35.0 Å². The molecule has 2 aromatic heterocycles. The number of benzene rings is 1. The first-order valence-corrected chi connectivity index (χ1v) is 8.45. The molecule has 0 atom stereocenters. The SMILES string of the molecule is COC(=O)c1sc2nccc(Nc3cccc(C(C)C)c3)c2c1N. The molecule has 3 rings (SSSR count). The zero-order valence-electron chi connectivity index (χ0n) is 13.8. The minimum atomic E-state index is -0.441. The number of aromatic nitrogens is 1. The van der Waals surface area contributed by atoms with E-state index in [1.807, 2.05) is 18.2 Å². The van der Waals surface area contributed by atoms with Crippen LogP contribution in [0.4, 0.5) is 17.1 Å². The van der Waals surface area contributed by atoms with Crippen molar-refractivity contribution in [1.82, 2.24) is 4.98 Å². The van der Waals surface area contributed by atoms with Crippen LogP contribution in [0, 0.1) is 0 Å². The molecule has 0 aliphatic heterocycles. The first-order chi connectivity index (χ1) is 11.5. The van der Waals surface area contributed by atoms with Crippen molar-refractivity contribution in [3.63, 3.8) is 0 Å². The van der Waals surface area contributed by atoms with Crippen LogP contribution in [0.2, 0.25) is 0 Å². The van der Waals surface area contributed by atoms with Crippen molar-refractivity contribution in [2.45, 2.75) is 19.8 Å². The molecule has 0 bridgehead atoms. The number of pyridine rings is 1. The van der Waals surface area contributed by atoms with Crippen LogP contribution in [0.25, 0.3) is 10.2 Å². The molecule has 5 nitrogen and oxygen atoms in total. The maximum Gasteiger partial charge on any atom is 0.350 e. The molecule has 0 saturated carbocycles. The summed E-state index contributed by atoms with van der Waals surface area (Å²) in [4.78, 5) is 17.3. The number of rotatable bonds is 4. The Bertz CT molecular complexity index is 902. The van der Waals surface area contributed by atoms with Gasteiger partial charge in [-0.1, -0.05) is 26.0 Å². The fourth-order valence-corrected chi connectivity index (χ4v) is 3.53. The Morgan fingerprint density at radius 2 is 2.12 bits per heavy atom. The zero-order chi connectivity index (χ0) is 17.3. The number of nitrogen functional groups attached to an aromatic ring is 1. The van der Waals surface area contributed by atoms with Gasteiger partial charge in [-0.05, 0) is 29.7 Å². The first-order valence-electron chi connectivity index (χ1n) is 7.63. The van der Waals surface area contributed by atoms with Crippen LogP contribution in [-0.2, 0) is 4.74 Å². The lowest BCUT2D eigenvalue weighted by Gasteiger charge is -2.11. The van der Waals surface area contributed by atoms with E-state index in [2.05, 4.69) is 36.3 Å². The summed E-state index contributed by atoms with van der Waals surface area (Å²) in [5.74, 6) is 0.00427. The number of methoxy groups -OCH3 is 1. The Kier molecular flexibility index (Phi) is 4.40. The van der Waals surface area contributed by atoms with E-state index in [1.54, 1.807) is 6.20 Å². The van der Waals surface area contributed by atoms with Gasteiger partial charge in [-0.25, -0.2) is 9.78 Å². The number of nitrogens with zero attached hydrogens (tertiary/aromatic N) is 1. The Morgan fingerprint density at radius 1 is 1.33 bits per heavy atom. The number of hydrogen-bond acceptors (Lipinski definition) is 6. The molecule has 1 aromatic carbocycles. The molecule has 0 fully saturated rings. The van der Waals surface area contributed by atoms with Gasteiger partial charge in [0.2, 0.25) is 0 Å². The number of ether oxygens (including phenoxy) is 1. The number of nitrogens with one attached hydrogen (secondary N) is 1. The summed E-state index contributed by atoms with van der Waals surface area (Å²) in [5, 5.41) is 4.14. The molecule has 0 radical (unpaired) electrons. The highest BCUT2D eigenvalue weighted by Crippen LogP contribution is 2.38. The average Bonchev–Trinajstić information content (AvgIpc) is 2.92. The molecule has 0 aliphatic carbocycles. The Labute approximate surface area is 144 Å². The summed E-state index contributed by atoms with van der Waals surface area (Å²) in [5.41, 5.74) is 9.62. The maximum absolute atomic E-state index is 11.9. The molecule has 0 unspecified atom stereocenters. The molecule has 0 aliphatic rings. The summed E-state index contributed by atoms with van der Waals surface area (Å²) in [6.45, 7) is 4.31. The zero-order valence-corrected chi connectivity index (χ0v) is 14.6. The van der Waals surface area contributed by atoms with Crippen molar-refractivity contribution >= 4 is 44.6 Å². The quantitative estimate of drug-likeness (QED) is 0.682. The van der Waals surface area contributed by atoms with Crippen LogP contribution in [-0.4, -0.2) is 18.1 Å². The van der Waals surface area contributed by atoms with Crippen LogP contribution in [0.15, 0.2) is 36.5 Å². The van der Waals surface area contributed by atoms with Crippen LogP contribution in [0.3, 0.4) is 0 Å². The molecule has 0 spiro atoms. The fourth-order valence-electron chi connectivity index (χ4n) is 2.52. The number of fused-ring (bicyclic) bond motifs is 1. The predicted molar refractivity (Wildman–Crippen MR) is 99.2 cm³/mol. The van der Waals surface area contributed by atoms with Crippen LogP contribution >= 0.6 is 11.3 Å². The van der Waals surface area contributed by atoms with Crippen molar-refractivity contribution in [2.75, 3.05) is 18.2 Å². The third-order valence-electron chi connectivity index (χ3n) is 3.83. The van der Waals surface area contributed by atoms with Crippen molar-refractivity contribution in [3.8, 4) is 0 Å². The predicted octanol–water partition coefficient (Wildman–Crippen LogP) is 4.53. The molecule has 24 heavy (non-hydrogen) atoms. The van der Waals surface area contributed by atoms with Gasteiger partial charge in [-0.2, -0.15) is 0 Å². The van der Waals surface area contributed by atoms with Crippen LogP contribution < -0.4 is 11.1 Å². The van der Waals surface area contributed by atoms with E-state index >= 15 is 0 Å². The summed E-state index contributed by atoms with van der Waals surface area (Å²) >= 11 is 1.24. The summed E-state index contributed by atoms with van der Waals surface area (Å²) < 4.78 is 4.79. The van der Waals surface area contributed by atoms with Crippen LogP contribution in [0.5, 0.6) is 0 Å². The monoisotopic (exact) mass is 341 g/mol. The number of carbonyl (C=O) groups excluding carboxylic acids is 1. The summed E-state index contributed by atoms with van der Waals surface area (Å²) in [6, 6.07) is 10.1. The first kappa shape index (κ1) is 16.3. The number of nitrogens with two attached hydrogens (primary N) is 1. The number of hydrogen-bond donors (Lipinski definition) is 2. The summed E-state index contributed by atoms with van der Waals surface area (Å²) in [6.07, 6.45) is 1.70. The number of esters is 1. The molecule has 0 amide bonds. The smallest absolute Gasteiger partial charge is 0.350 e. The molecule has 3 aromatic rings. The minimum absolute atomic E-state index is 0.380. The van der Waals surface area contributed by atoms with E-state index in [1.165, 1.54) is 24.0 Å². The van der Waals surface area contributed by atoms with Gasteiger partial charge in [0.05, 0.1) is 23.9 Å². The van der Waals surface area contributed by atoms with Crippen molar-refractivity contribution < 1.29 is 9.53 Å². The Hall–Kier alpha value is -2.60. The van der Waals surface area contributed by atoms with Gasteiger partial charge in [0, 0.05) is 11.9 Å². The van der Waals surface area contributed by atoms with Gasteiger partial charge in [0.1, 0.15) is 9.71 Å². The lowest BCUT2D eigenvalue weighted by atomic mass is 10.0. The van der Waals surface area contributed by atoms with Gasteiger partial charge in [-0.3, -0.25) is 0 Å². The Balaban J connectivity index is 2.05. The second kappa shape index (κ2) is 6.49. The maximum atomic E-state index is 11.9. The molecule has 6 heteroatoms. The van der Waals surface area contributed by atoms with Gasteiger partial charge < -0.3 is 15.8 Å². The molecule has 3 N–H and O–H groups in total. The van der Waals surface area contributed by atoms with Crippen molar-refractivity contribution in [2.24, 2.45) is 0 Å². The van der Waals surface area contributed by atoms with Gasteiger partial charge in [0.15, 0.2) is 0 Å². The second-order valence-corrected chi connectivity index (χ2v) is 6.78. The Morgan fingerprint density at radius 3 is 2.83 bits per heavy atom. The van der Waals surface area contributed by atoms with Gasteiger partial charge in [-0.15, -0.1) is 11.3 Å². The molecule has 2 heterocycles. The van der Waals surface area contributed by atoms with E-state index < -0.39 is 5.97 Å². The highest BCUT2D eigenvalue weighted by atomic mass is 32.1. The van der Waals surface area contributed by atoms with E-state index in [9.17, 15) is 4.79 Å². The topological polar surface area (TPSA) is 77.2 Å². The van der Waals surface area contributed by atoms with Gasteiger partial charge in [0.25, 0.3) is 0 Å². The van der Waals surface area contributed by atoms with Gasteiger partial charge >= 0.3 is 5.97 Å². The lowest BCUT2D eigenvalue weighted by Crippen LogP contribution is -2.02. The standard InChI is InChI=1S/C18H19N3O2S/c1-10(2)11-5-4-6-12(9-11)21-13-7-8-20-17-14(13)15(19)16(24-17)18(22)23-3/h4-10H,19H2,1-3H3,(H,20,21). The minimum Gasteiger partial charge on any atom is -0.465 e. The lowest BCUT2D eigenvalue weighted by molar-refractivity contribution is 0.0607. The third kappa shape index (κ3) is 2.92. The highest BCUT2D eigenvalue weighted by Gasteiger charge is 2.20. The van der Waals surface area contributed by atoms with Crippen molar-refractivity contribution in [3.05, 3.63) is 47.0 Å². The molecular weight excluding hydrogens is 322 g/mol. The number of thiophene rings is 1. The van der Waals surface area contributed by atoms with E-state index in [-0.39, 0.29) is 0 Å².